The first-order valence-corrected chi connectivity index (χ1v) is 17.8. The Morgan fingerprint density at radius 2 is 1.52 bits per heavy atom. The van der Waals surface area contributed by atoms with Gasteiger partial charge in [0.2, 0.25) is 0 Å². The van der Waals surface area contributed by atoms with Gasteiger partial charge in [-0.25, -0.2) is 9.67 Å². The zero-order valence-electron chi connectivity index (χ0n) is 30.9. The second kappa shape index (κ2) is 12.9. The molecule has 1 unspecified atom stereocenters. The normalized spacial score (nSPS) is 12.7. The standard InChI is InChI=1S/C45H48N4O/c1-28(2)21-33-23-36(49-32(6)44(31(5)47-49)34-13-11-10-12-14-34)26-38(24-33)50-37-16-17-39-40-25-35(30(4)45(7,8)9)15-18-41(40)48(42(39)27-37)43-22-29(3)19-20-46-43/h10-20,22-28,30H,21H2,1-9H3. The summed E-state index contributed by atoms with van der Waals surface area (Å²) in [6.45, 7) is 20.1. The third-order valence-corrected chi connectivity index (χ3v) is 10.1. The smallest absolute Gasteiger partial charge is 0.137 e. The lowest BCUT2D eigenvalue weighted by molar-refractivity contribution is 0.340. The van der Waals surface area contributed by atoms with E-state index in [0.717, 1.165) is 51.8 Å². The van der Waals surface area contributed by atoms with E-state index in [4.69, 9.17) is 14.8 Å². The lowest BCUT2D eigenvalue weighted by Crippen LogP contribution is -2.15. The van der Waals surface area contributed by atoms with Crippen molar-refractivity contribution in [2.75, 3.05) is 0 Å². The minimum Gasteiger partial charge on any atom is -0.457 e. The molecular formula is C45H48N4O. The number of pyridine rings is 1. The summed E-state index contributed by atoms with van der Waals surface area (Å²) < 4.78 is 11.1. The predicted octanol–water partition coefficient (Wildman–Crippen LogP) is 12.1. The molecule has 0 spiro atoms. The summed E-state index contributed by atoms with van der Waals surface area (Å²) in [5.74, 6) is 3.38. The van der Waals surface area contributed by atoms with Crippen molar-refractivity contribution in [1.29, 1.82) is 0 Å². The van der Waals surface area contributed by atoms with Gasteiger partial charge in [0, 0.05) is 40.4 Å². The van der Waals surface area contributed by atoms with Gasteiger partial charge in [0.15, 0.2) is 0 Å². The Hall–Kier alpha value is -5.16. The first-order valence-electron chi connectivity index (χ1n) is 17.8. The minimum atomic E-state index is 0.157. The summed E-state index contributed by atoms with van der Waals surface area (Å²) in [5.41, 5.74) is 11.6. The van der Waals surface area contributed by atoms with Crippen molar-refractivity contribution in [2.45, 2.75) is 74.7 Å². The Labute approximate surface area is 296 Å². The van der Waals surface area contributed by atoms with Crippen molar-refractivity contribution in [2.24, 2.45) is 11.3 Å². The molecule has 0 radical (unpaired) electrons. The highest BCUT2D eigenvalue weighted by Crippen LogP contribution is 2.40. The quantitative estimate of drug-likeness (QED) is 0.163. The zero-order valence-corrected chi connectivity index (χ0v) is 30.9. The van der Waals surface area contributed by atoms with E-state index in [2.05, 4.69) is 163 Å². The lowest BCUT2D eigenvalue weighted by atomic mass is 9.77. The van der Waals surface area contributed by atoms with Crippen molar-refractivity contribution in [3.8, 4) is 34.1 Å². The van der Waals surface area contributed by atoms with Gasteiger partial charge in [0.05, 0.1) is 22.4 Å². The van der Waals surface area contributed by atoms with Crippen LogP contribution in [0.5, 0.6) is 11.5 Å². The summed E-state index contributed by atoms with van der Waals surface area (Å²) in [6.07, 6.45) is 2.83. The maximum absolute atomic E-state index is 6.77. The van der Waals surface area contributed by atoms with Gasteiger partial charge in [-0.2, -0.15) is 5.10 Å². The largest absolute Gasteiger partial charge is 0.457 e. The number of fused-ring (bicyclic) bond motifs is 3. The summed E-state index contributed by atoms with van der Waals surface area (Å²) in [6, 6.07) is 34.6. The highest BCUT2D eigenvalue weighted by molar-refractivity contribution is 6.09. The van der Waals surface area contributed by atoms with Gasteiger partial charge in [-0.3, -0.25) is 4.57 Å². The molecule has 5 heteroatoms. The van der Waals surface area contributed by atoms with E-state index in [-0.39, 0.29) is 5.41 Å². The number of aromatic nitrogens is 4. The molecule has 4 aromatic carbocycles. The van der Waals surface area contributed by atoms with Gasteiger partial charge in [0.25, 0.3) is 0 Å². The summed E-state index contributed by atoms with van der Waals surface area (Å²) in [7, 11) is 0. The van der Waals surface area contributed by atoms with Gasteiger partial charge in [-0.1, -0.05) is 77.9 Å². The molecule has 0 aliphatic rings. The predicted molar refractivity (Wildman–Crippen MR) is 208 cm³/mol. The molecule has 0 aliphatic carbocycles. The second-order valence-corrected chi connectivity index (χ2v) is 15.4. The number of hydrogen-bond donors (Lipinski definition) is 0. The van der Waals surface area contributed by atoms with Crippen LogP contribution in [-0.2, 0) is 6.42 Å². The van der Waals surface area contributed by atoms with Crippen molar-refractivity contribution < 1.29 is 4.74 Å². The van der Waals surface area contributed by atoms with Crippen LogP contribution in [0.25, 0.3) is 44.4 Å². The molecule has 1 atom stereocenters. The fourth-order valence-electron chi connectivity index (χ4n) is 7.21. The molecule has 0 N–H and O–H groups in total. The third-order valence-electron chi connectivity index (χ3n) is 10.1. The SMILES string of the molecule is Cc1ccnc(-n2c3ccc(C(C)C(C)(C)C)cc3c3ccc(Oc4cc(CC(C)C)cc(-n5nc(C)c(-c6ccccc6)c5C)c4)cc32)c1. The van der Waals surface area contributed by atoms with Crippen molar-refractivity contribution in [3.05, 3.63) is 131 Å². The molecule has 3 heterocycles. The Morgan fingerprint density at radius 1 is 0.740 bits per heavy atom. The van der Waals surface area contributed by atoms with Crippen LogP contribution in [0.15, 0.2) is 103 Å². The van der Waals surface area contributed by atoms with Gasteiger partial charge in [-0.15, -0.1) is 0 Å². The highest BCUT2D eigenvalue weighted by Gasteiger charge is 2.24. The molecule has 0 fully saturated rings. The van der Waals surface area contributed by atoms with E-state index in [1.165, 1.54) is 38.6 Å². The van der Waals surface area contributed by atoms with E-state index in [0.29, 0.717) is 11.8 Å². The summed E-state index contributed by atoms with van der Waals surface area (Å²) in [4.78, 5) is 4.83. The fraction of sp³-hybridized carbons (Fsp3) is 0.289. The molecule has 0 saturated carbocycles. The lowest BCUT2D eigenvalue weighted by Gasteiger charge is -2.27. The molecule has 5 nitrogen and oxygen atoms in total. The van der Waals surface area contributed by atoms with E-state index < -0.39 is 0 Å². The van der Waals surface area contributed by atoms with Gasteiger partial charge >= 0.3 is 0 Å². The van der Waals surface area contributed by atoms with E-state index in [1.807, 2.05) is 12.3 Å². The number of hydrogen-bond acceptors (Lipinski definition) is 3. The number of nitrogens with zero attached hydrogens (tertiary/aromatic N) is 4. The Morgan fingerprint density at radius 3 is 2.24 bits per heavy atom. The molecule has 7 aromatic rings. The average molecular weight is 661 g/mol. The number of ether oxygens (including phenoxy) is 1. The first kappa shape index (κ1) is 33.3. The van der Waals surface area contributed by atoms with Crippen LogP contribution in [0.4, 0.5) is 0 Å². The molecule has 3 aromatic heterocycles. The summed E-state index contributed by atoms with van der Waals surface area (Å²) >= 11 is 0. The van der Waals surface area contributed by atoms with Crippen LogP contribution in [0.1, 0.15) is 75.5 Å². The van der Waals surface area contributed by atoms with Crippen molar-refractivity contribution in [3.63, 3.8) is 0 Å². The number of rotatable bonds is 8. The van der Waals surface area contributed by atoms with Crippen LogP contribution in [0.2, 0.25) is 0 Å². The molecule has 0 saturated heterocycles. The molecule has 0 bridgehead atoms. The average Bonchev–Trinajstić information content (AvgIpc) is 3.55. The van der Waals surface area contributed by atoms with Crippen molar-refractivity contribution in [1.82, 2.24) is 19.3 Å². The van der Waals surface area contributed by atoms with Crippen LogP contribution < -0.4 is 4.74 Å². The monoisotopic (exact) mass is 660 g/mol. The Bertz CT molecular complexity index is 2340. The molecule has 0 amide bonds. The van der Waals surface area contributed by atoms with Gasteiger partial charge in [0.1, 0.15) is 17.3 Å². The summed E-state index contributed by atoms with van der Waals surface area (Å²) in [5, 5.41) is 7.44. The second-order valence-electron chi connectivity index (χ2n) is 15.4. The molecule has 50 heavy (non-hydrogen) atoms. The van der Waals surface area contributed by atoms with Crippen molar-refractivity contribution >= 4 is 21.8 Å². The molecule has 7 rings (SSSR count). The number of aryl methyl sites for hydroxylation is 2. The third kappa shape index (κ3) is 6.33. The molecule has 0 aliphatic heterocycles. The Balaban J connectivity index is 1.35. The first-order chi connectivity index (χ1) is 23.9. The maximum Gasteiger partial charge on any atom is 0.137 e. The van der Waals surface area contributed by atoms with Crippen LogP contribution in [0.3, 0.4) is 0 Å². The Kier molecular flexibility index (Phi) is 8.63. The van der Waals surface area contributed by atoms with E-state index in [1.54, 1.807) is 0 Å². The van der Waals surface area contributed by atoms with Crippen LogP contribution >= 0.6 is 0 Å². The number of benzene rings is 4. The topological polar surface area (TPSA) is 44.9 Å². The van der Waals surface area contributed by atoms with E-state index >= 15 is 0 Å². The van der Waals surface area contributed by atoms with Crippen LogP contribution in [0, 0.1) is 32.1 Å². The zero-order chi connectivity index (χ0) is 35.3. The van der Waals surface area contributed by atoms with Gasteiger partial charge in [-0.05, 0) is 115 Å². The van der Waals surface area contributed by atoms with Crippen LogP contribution in [-0.4, -0.2) is 19.3 Å². The maximum atomic E-state index is 6.77. The highest BCUT2D eigenvalue weighted by atomic mass is 16.5. The minimum absolute atomic E-state index is 0.157. The molecule has 254 valence electrons. The fourth-order valence-corrected chi connectivity index (χ4v) is 7.21. The van der Waals surface area contributed by atoms with Gasteiger partial charge < -0.3 is 4.74 Å². The molecular weight excluding hydrogens is 613 g/mol. The van der Waals surface area contributed by atoms with E-state index in [9.17, 15) is 0 Å².